The third-order valence-corrected chi connectivity index (χ3v) is 5.54. The van der Waals surface area contributed by atoms with E-state index in [1.54, 1.807) is 36.4 Å². The fourth-order valence-electron chi connectivity index (χ4n) is 3.81. The number of aliphatic hydroxyl groups excluding tert-OH is 1. The van der Waals surface area contributed by atoms with Crippen LogP contribution in [-0.2, 0) is 14.3 Å². The number of cyclic esters (lactones) is 1. The number of fused-ring (bicyclic) bond motifs is 1. The zero-order valence-corrected chi connectivity index (χ0v) is 18.7. The molecule has 0 bridgehead atoms. The molecule has 1 atom stereocenters. The van der Waals surface area contributed by atoms with Gasteiger partial charge in [0.25, 0.3) is 5.91 Å². The largest absolute Gasteiger partial charge is 0.503 e. The van der Waals surface area contributed by atoms with Crippen LogP contribution in [-0.4, -0.2) is 22.8 Å². The van der Waals surface area contributed by atoms with Crippen LogP contribution in [0.25, 0.3) is 6.08 Å². The van der Waals surface area contributed by atoms with E-state index in [1.165, 1.54) is 6.08 Å². The zero-order valence-electron chi connectivity index (χ0n) is 18.7. The van der Waals surface area contributed by atoms with Crippen molar-refractivity contribution in [3.05, 3.63) is 118 Å². The standard InChI is InChI=1S/C28H23NO5/c1-17-12-14-22(18(2)16-17)29-27(32)25(31)24(23(30)15-13-19-8-4-3-5-9-19)26-20-10-6-7-11-21(20)28(33)34-26/h3-16,26,31H,1-2H3,(H,29,32)/b15-13+,25-24+. The molecule has 0 fully saturated rings. The molecule has 0 radical (unpaired) electrons. The molecule has 170 valence electrons. The van der Waals surface area contributed by atoms with Gasteiger partial charge < -0.3 is 15.2 Å². The number of ketones is 1. The minimum absolute atomic E-state index is 0.285. The molecule has 3 aromatic carbocycles. The molecule has 1 amide bonds. The number of hydrogen-bond acceptors (Lipinski definition) is 5. The molecule has 2 N–H and O–H groups in total. The molecule has 34 heavy (non-hydrogen) atoms. The van der Waals surface area contributed by atoms with Gasteiger partial charge in [0.05, 0.1) is 11.1 Å². The van der Waals surface area contributed by atoms with Crippen molar-refractivity contribution < 1.29 is 24.2 Å². The molecule has 4 rings (SSSR count). The number of carbonyl (C=O) groups is 3. The summed E-state index contributed by atoms with van der Waals surface area (Å²) in [5.74, 6) is -2.95. The highest BCUT2D eigenvalue weighted by atomic mass is 16.5. The zero-order chi connectivity index (χ0) is 24.2. The van der Waals surface area contributed by atoms with Gasteiger partial charge in [-0.15, -0.1) is 0 Å². The van der Waals surface area contributed by atoms with Crippen LogP contribution in [0.2, 0.25) is 0 Å². The second-order valence-electron chi connectivity index (χ2n) is 8.02. The average molecular weight is 453 g/mol. The number of carbonyl (C=O) groups excluding carboxylic acids is 3. The van der Waals surface area contributed by atoms with Gasteiger partial charge in [-0.1, -0.05) is 72.3 Å². The van der Waals surface area contributed by atoms with Crippen molar-refractivity contribution >= 4 is 29.4 Å². The van der Waals surface area contributed by atoms with Crippen molar-refractivity contribution in [2.45, 2.75) is 20.0 Å². The van der Waals surface area contributed by atoms with Crippen LogP contribution in [0.5, 0.6) is 0 Å². The van der Waals surface area contributed by atoms with Gasteiger partial charge >= 0.3 is 5.97 Å². The van der Waals surface area contributed by atoms with Crippen LogP contribution in [0.4, 0.5) is 5.69 Å². The summed E-state index contributed by atoms with van der Waals surface area (Å²) in [5.41, 5.74) is 3.47. The molecule has 6 nitrogen and oxygen atoms in total. The number of amides is 1. The number of rotatable bonds is 6. The van der Waals surface area contributed by atoms with Gasteiger partial charge in [0.2, 0.25) is 0 Å². The molecule has 0 aromatic heterocycles. The van der Waals surface area contributed by atoms with Gasteiger partial charge in [-0.3, -0.25) is 9.59 Å². The van der Waals surface area contributed by atoms with E-state index >= 15 is 0 Å². The van der Waals surface area contributed by atoms with Crippen molar-refractivity contribution in [2.24, 2.45) is 0 Å². The average Bonchev–Trinajstić information content (AvgIpc) is 3.16. The Morgan fingerprint density at radius 3 is 2.41 bits per heavy atom. The maximum Gasteiger partial charge on any atom is 0.339 e. The lowest BCUT2D eigenvalue weighted by Gasteiger charge is -2.16. The third kappa shape index (κ3) is 4.66. The summed E-state index contributed by atoms with van der Waals surface area (Å²) in [7, 11) is 0. The van der Waals surface area contributed by atoms with Gasteiger partial charge in [0.15, 0.2) is 17.6 Å². The molecule has 0 saturated carbocycles. The van der Waals surface area contributed by atoms with Gasteiger partial charge in [-0.05, 0) is 43.2 Å². The first-order chi connectivity index (χ1) is 16.3. The minimum atomic E-state index is -1.21. The summed E-state index contributed by atoms with van der Waals surface area (Å²) >= 11 is 0. The summed E-state index contributed by atoms with van der Waals surface area (Å²) in [6.45, 7) is 3.75. The summed E-state index contributed by atoms with van der Waals surface area (Å²) in [4.78, 5) is 38.6. The van der Waals surface area contributed by atoms with Gasteiger partial charge in [0.1, 0.15) is 0 Å². The number of aliphatic hydroxyl groups is 1. The van der Waals surface area contributed by atoms with Crippen LogP contribution in [0, 0.1) is 13.8 Å². The Labute approximate surface area is 197 Å². The van der Waals surface area contributed by atoms with Crippen LogP contribution < -0.4 is 5.32 Å². The van der Waals surface area contributed by atoms with E-state index in [-0.39, 0.29) is 11.1 Å². The molecular formula is C28H23NO5. The Hall–Kier alpha value is -4.45. The van der Waals surface area contributed by atoms with E-state index in [9.17, 15) is 19.5 Å². The Morgan fingerprint density at radius 2 is 1.68 bits per heavy atom. The number of aryl methyl sites for hydroxylation is 2. The Bertz CT molecular complexity index is 1340. The summed E-state index contributed by atoms with van der Waals surface area (Å²) in [6, 6.07) is 21.1. The van der Waals surface area contributed by atoms with Crippen molar-refractivity contribution in [1.82, 2.24) is 0 Å². The predicted octanol–water partition coefficient (Wildman–Crippen LogP) is 5.25. The van der Waals surface area contributed by atoms with Gasteiger partial charge in [-0.25, -0.2) is 4.79 Å². The molecule has 3 aromatic rings. The lowest BCUT2D eigenvalue weighted by atomic mass is 9.94. The highest BCUT2D eigenvalue weighted by Gasteiger charge is 2.38. The number of benzene rings is 3. The quantitative estimate of drug-likeness (QED) is 0.302. The fourth-order valence-corrected chi connectivity index (χ4v) is 3.81. The number of hydrogen-bond donors (Lipinski definition) is 2. The normalized spacial score (nSPS) is 15.5. The Kier molecular flexibility index (Phi) is 6.41. The molecule has 1 heterocycles. The second kappa shape index (κ2) is 9.58. The lowest BCUT2D eigenvalue weighted by molar-refractivity contribution is -0.117. The Morgan fingerprint density at radius 1 is 0.971 bits per heavy atom. The SMILES string of the molecule is Cc1ccc(NC(=O)/C(O)=C(/C(=O)/C=C/c2ccccc2)C2OC(=O)c3ccccc32)c(C)c1. The molecule has 0 aliphatic carbocycles. The van der Waals surface area contributed by atoms with Crippen molar-refractivity contribution in [3.63, 3.8) is 0 Å². The molecule has 1 aliphatic rings. The first-order valence-corrected chi connectivity index (χ1v) is 10.7. The Balaban J connectivity index is 1.74. The van der Waals surface area contributed by atoms with Crippen LogP contribution in [0.1, 0.15) is 38.7 Å². The second-order valence-corrected chi connectivity index (χ2v) is 8.02. The molecule has 1 unspecified atom stereocenters. The molecule has 0 saturated heterocycles. The summed E-state index contributed by atoms with van der Waals surface area (Å²) < 4.78 is 5.44. The van der Waals surface area contributed by atoms with Gasteiger partial charge in [-0.2, -0.15) is 0 Å². The van der Waals surface area contributed by atoms with Crippen LogP contribution >= 0.6 is 0 Å². The number of esters is 1. The number of nitrogens with one attached hydrogen (secondary N) is 1. The highest BCUT2D eigenvalue weighted by molar-refractivity contribution is 6.15. The summed E-state index contributed by atoms with van der Waals surface area (Å²) in [5, 5.41) is 13.6. The topological polar surface area (TPSA) is 92.7 Å². The van der Waals surface area contributed by atoms with Crippen molar-refractivity contribution in [2.75, 3.05) is 5.32 Å². The lowest BCUT2D eigenvalue weighted by Crippen LogP contribution is -2.22. The van der Waals surface area contributed by atoms with E-state index < -0.39 is 29.5 Å². The first-order valence-electron chi connectivity index (χ1n) is 10.7. The predicted molar refractivity (Wildman–Crippen MR) is 129 cm³/mol. The number of allylic oxidation sites excluding steroid dienone is 1. The third-order valence-electron chi connectivity index (χ3n) is 5.54. The van der Waals surface area contributed by atoms with E-state index in [1.807, 2.05) is 56.3 Å². The number of ether oxygens (including phenoxy) is 1. The smallest absolute Gasteiger partial charge is 0.339 e. The van der Waals surface area contributed by atoms with E-state index in [4.69, 9.17) is 4.74 Å². The maximum absolute atomic E-state index is 13.3. The fraction of sp³-hybridized carbons (Fsp3) is 0.107. The van der Waals surface area contributed by atoms with Crippen molar-refractivity contribution in [3.8, 4) is 0 Å². The monoisotopic (exact) mass is 453 g/mol. The molecule has 6 heteroatoms. The highest BCUT2D eigenvalue weighted by Crippen LogP contribution is 2.37. The maximum atomic E-state index is 13.3. The number of anilines is 1. The molecule has 0 spiro atoms. The van der Waals surface area contributed by atoms with E-state index in [0.29, 0.717) is 11.3 Å². The molecular weight excluding hydrogens is 430 g/mol. The van der Waals surface area contributed by atoms with Crippen molar-refractivity contribution in [1.29, 1.82) is 0 Å². The van der Waals surface area contributed by atoms with Crippen LogP contribution in [0.15, 0.2) is 90.2 Å². The summed E-state index contributed by atoms with van der Waals surface area (Å²) in [6.07, 6.45) is 1.61. The van der Waals surface area contributed by atoms with E-state index in [2.05, 4.69) is 5.32 Å². The molecule has 1 aliphatic heterocycles. The minimum Gasteiger partial charge on any atom is -0.503 e. The first kappa shape index (κ1) is 22.7. The van der Waals surface area contributed by atoms with Gasteiger partial charge in [0, 0.05) is 11.3 Å². The van der Waals surface area contributed by atoms with E-state index in [0.717, 1.165) is 16.7 Å². The van der Waals surface area contributed by atoms with Crippen LogP contribution in [0.3, 0.4) is 0 Å².